The molecular weight excluding hydrogens is 928 g/mol. The Balaban J connectivity index is 4.83. The van der Waals surface area contributed by atoms with Gasteiger partial charge in [0.25, 0.3) is 0 Å². The Kier molecular flexibility index (Phi) is 50.6. The molecule has 0 heterocycles. The zero-order valence-corrected chi connectivity index (χ0v) is 46.0. The second-order valence-corrected chi connectivity index (χ2v) is 19.4. The molecule has 0 saturated heterocycles. The van der Waals surface area contributed by atoms with Gasteiger partial charge in [0.1, 0.15) is 12.7 Å². The number of rotatable bonds is 50. The molecule has 0 aliphatic rings. The van der Waals surface area contributed by atoms with E-state index in [1.165, 1.54) is 12.8 Å². The van der Waals surface area contributed by atoms with Crippen molar-refractivity contribution >= 4 is 25.7 Å². The van der Waals surface area contributed by atoms with Gasteiger partial charge in [0, 0.05) is 19.3 Å². The van der Waals surface area contributed by atoms with E-state index in [2.05, 4.69) is 130 Å². The maximum absolute atomic E-state index is 12.9. The van der Waals surface area contributed by atoms with Gasteiger partial charge in [0.05, 0.1) is 19.8 Å². The van der Waals surface area contributed by atoms with E-state index in [4.69, 9.17) is 23.3 Å². The highest BCUT2D eigenvalue weighted by Gasteiger charge is 2.28. The van der Waals surface area contributed by atoms with E-state index in [1.807, 2.05) is 0 Å². The van der Waals surface area contributed by atoms with Crippen molar-refractivity contribution in [3.63, 3.8) is 0 Å². The molecule has 0 rings (SSSR count). The highest BCUT2D eigenvalue weighted by atomic mass is 31.2. The molecule has 0 aromatic rings. The van der Waals surface area contributed by atoms with Gasteiger partial charge in [-0.15, -0.1) is 0 Å². The Bertz CT molecular complexity index is 1620. The number of allylic oxidation sites excluding steroid dienone is 18. The van der Waals surface area contributed by atoms with E-state index in [0.717, 1.165) is 141 Å². The zero-order chi connectivity index (χ0) is 52.7. The molecule has 11 nitrogen and oxygen atoms in total. The van der Waals surface area contributed by atoms with Crippen molar-refractivity contribution in [3.8, 4) is 0 Å². The van der Waals surface area contributed by atoms with Crippen LogP contribution in [0.2, 0.25) is 0 Å². The molecule has 3 atom stereocenters. The molecule has 3 unspecified atom stereocenters. The van der Waals surface area contributed by atoms with Crippen molar-refractivity contribution in [1.82, 2.24) is 0 Å². The minimum Gasteiger partial charge on any atom is -0.462 e. The number of aliphatic hydroxyl groups excluding tert-OH is 1. The summed E-state index contributed by atoms with van der Waals surface area (Å²) >= 11 is 0. The number of carbonyl (C=O) groups excluding carboxylic acids is 3. The van der Waals surface area contributed by atoms with E-state index in [9.17, 15) is 28.9 Å². The van der Waals surface area contributed by atoms with Gasteiger partial charge in [-0.05, 0) is 116 Å². The largest absolute Gasteiger partial charge is 0.472 e. The van der Waals surface area contributed by atoms with Gasteiger partial charge in [0.2, 0.25) is 0 Å². The maximum atomic E-state index is 12.9. The predicted molar refractivity (Wildman–Crippen MR) is 297 cm³/mol. The lowest BCUT2D eigenvalue weighted by Crippen LogP contribution is -2.30. The number of phosphoric acid groups is 1. The average Bonchev–Trinajstić information content (AvgIpc) is 3.37. The van der Waals surface area contributed by atoms with Gasteiger partial charge < -0.3 is 24.2 Å². The van der Waals surface area contributed by atoms with Gasteiger partial charge in [-0.1, -0.05) is 188 Å². The lowest BCUT2D eigenvalue weighted by molar-refractivity contribution is -0.161. The number of hydrogen-bond acceptors (Lipinski definition) is 10. The number of phosphoric ester groups is 1. The van der Waals surface area contributed by atoms with Crippen molar-refractivity contribution in [3.05, 3.63) is 109 Å². The Morgan fingerprint density at radius 2 is 0.722 bits per heavy atom. The molecule has 0 aliphatic carbocycles. The first-order chi connectivity index (χ1) is 35.2. The smallest absolute Gasteiger partial charge is 0.462 e. The molecule has 0 saturated carbocycles. The first kappa shape index (κ1) is 68.1. The summed E-state index contributed by atoms with van der Waals surface area (Å²) in [5.74, 6) is -1.54. The topological polar surface area (TPSA) is 155 Å². The number of unbranched alkanes of at least 4 members (excludes halogenated alkanes) is 15. The Morgan fingerprint density at radius 1 is 0.403 bits per heavy atom. The van der Waals surface area contributed by atoms with Crippen molar-refractivity contribution in [2.24, 2.45) is 0 Å². The molecule has 0 radical (unpaired) electrons. The van der Waals surface area contributed by atoms with Crippen LogP contribution in [0, 0.1) is 0 Å². The molecule has 0 spiro atoms. The van der Waals surface area contributed by atoms with Crippen LogP contribution in [0.3, 0.4) is 0 Å². The van der Waals surface area contributed by atoms with Gasteiger partial charge in [0.15, 0.2) is 6.10 Å². The van der Waals surface area contributed by atoms with Crippen LogP contribution in [-0.4, -0.2) is 66.5 Å². The van der Waals surface area contributed by atoms with Crippen molar-refractivity contribution in [2.75, 3.05) is 26.4 Å². The molecule has 0 aromatic heterocycles. The zero-order valence-electron chi connectivity index (χ0n) is 45.1. The van der Waals surface area contributed by atoms with Gasteiger partial charge in [-0.2, -0.15) is 0 Å². The normalized spacial score (nSPS) is 14.2. The quantitative estimate of drug-likeness (QED) is 0.0197. The van der Waals surface area contributed by atoms with Crippen LogP contribution < -0.4 is 0 Å². The summed E-state index contributed by atoms with van der Waals surface area (Å²) in [6, 6.07) is 0. The summed E-state index contributed by atoms with van der Waals surface area (Å²) in [7, 11) is -4.76. The van der Waals surface area contributed by atoms with Crippen LogP contribution in [0.1, 0.15) is 213 Å². The summed E-state index contributed by atoms with van der Waals surface area (Å²) < 4.78 is 39.4. The fourth-order valence-electron chi connectivity index (χ4n) is 6.96. The van der Waals surface area contributed by atoms with E-state index in [1.54, 1.807) is 0 Å². The third kappa shape index (κ3) is 51.1. The SMILES string of the molecule is CC/C=C\C/C=C\C/C=C\C/C=C\C/C=C\CCCCCC(=O)OCC(COP(=O)(O)OCC(CO)OC(=O)CCCCCCC/C=C\CCCC)OC(=O)CCCCCCC/C=C\C/C=C\C/C=C\CC. The van der Waals surface area contributed by atoms with E-state index in [0.29, 0.717) is 19.3 Å². The Labute approximate surface area is 437 Å². The van der Waals surface area contributed by atoms with Crippen molar-refractivity contribution < 1.29 is 52.2 Å². The summed E-state index contributed by atoms with van der Waals surface area (Å²) in [5, 5.41) is 9.78. The lowest BCUT2D eigenvalue weighted by atomic mass is 10.1. The molecule has 0 fully saturated rings. The fraction of sp³-hybridized carbons (Fsp3) is 0.650. The van der Waals surface area contributed by atoms with Crippen LogP contribution in [0.15, 0.2) is 109 Å². The fourth-order valence-corrected chi connectivity index (χ4v) is 7.75. The standard InChI is InChI=1S/C60H99O11P/c1-4-7-10-13-16-19-22-24-26-27-28-29-31-32-35-37-40-43-46-49-58(62)67-53-57(71-60(64)51-48-45-42-39-36-33-30-25-23-20-17-14-11-8-5-2)55-69-72(65,66)68-54-56(52-61)70-59(63)50-47-44-41-38-34-21-18-15-12-9-6-3/h7-8,10-11,15-20,24-26,28-30,32,35,56-57,61H,4-6,9,12-14,21-23,27,31,33-34,36-55H2,1-3H3,(H,65,66)/b10-7-,11-8-,18-15-,19-16-,20-17-,26-24-,29-28-,30-25-,35-32-. The monoisotopic (exact) mass is 1030 g/mol. The Hall–Kier alpha value is -3.86. The average molecular weight is 1030 g/mol. The van der Waals surface area contributed by atoms with E-state index in [-0.39, 0.29) is 25.9 Å². The summed E-state index contributed by atoms with van der Waals surface area (Å²) in [6.45, 7) is 4.29. The molecule has 0 bridgehead atoms. The van der Waals surface area contributed by atoms with Crippen molar-refractivity contribution in [2.45, 2.75) is 226 Å². The molecule has 72 heavy (non-hydrogen) atoms. The number of carbonyl (C=O) groups is 3. The molecule has 0 aliphatic heterocycles. The molecular formula is C60H99O11P. The minimum atomic E-state index is -4.76. The van der Waals surface area contributed by atoms with Crippen molar-refractivity contribution in [1.29, 1.82) is 0 Å². The highest BCUT2D eigenvalue weighted by molar-refractivity contribution is 7.47. The van der Waals surface area contributed by atoms with Gasteiger partial charge in [-0.3, -0.25) is 23.4 Å². The lowest BCUT2D eigenvalue weighted by Gasteiger charge is -2.21. The highest BCUT2D eigenvalue weighted by Crippen LogP contribution is 2.43. The first-order valence-electron chi connectivity index (χ1n) is 27.8. The van der Waals surface area contributed by atoms with Crippen LogP contribution in [0.5, 0.6) is 0 Å². The number of ether oxygens (including phenoxy) is 3. The van der Waals surface area contributed by atoms with Crippen LogP contribution in [-0.2, 0) is 42.2 Å². The number of aliphatic hydroxyl groups is 1. The van der Waals surface area contributed by atoms with Gasteiger partial charge >= 0.3 is 25.7 Å². The molecule has 2 N–H and O–H groups in total. The summed E-state index contributed by atoms with van der Waals surface area (Å²) in [4.78, 5) is 48.4. The molecule has 12 heteroatoms. The molecule has 0 amide bonds. The van der Waals surface area contributed by atoms with E-state index < -0.39 is 57.8 Å². The van der Waals surface area contributed by atoms with Gasteiger partial charge in [-0.25, -0.2) is 4.57 Å². The molecule has 410 valence electrons. The molecule has 0 aromatic carbocycles. The minimum absolute atomic E-state index is 0.135. The number of esters is 3. The van der Waals surface area contributed by atoms with Crippen LogP contribution in [0.25, 0.3) is 0 Å². The maximum Gasteiger partial charge on any atom is 0.472 e. The predicted octanol–water partition coefficient (Wildman–Crippen LogP) is 16.2. The second kappa shape index (κ2) is 53.4. The third-order valence-corrected chi connectivity index (χ3v) is 12.1. The summed E-state index contributed by atoms with van der Waals surface area (Å²) in [6.07, 6.45) is 63.4. The first-order valence-corrected chi connectivity index (χ1v) is 29.3. The second-order valence-electron chi connectivity index (χ2n) is 18.0. The van der Waals surface area contributed by atoms with E-state index >= 15 is 0 Å². The van der Waals surface area contributed by atoms with Crippen LogP contribution >= 0.6 is 7.82 Å². The third-order valence-electron chi connectivity index (χ3n) is 11.2. The summed E-state index contributed by atoms with van der Waals surface area (Å²) in [5.41, 5.74) is 0. The van der Waals surface area contributed by atoms with Crippen LogP contribution in [0.4, 0.5) is 0 Å². The Morgan fingerprint density at radius 3 is 1.14 bits per heavy atom. The number of hydrogen-bond donors (Lipinski definition) is 2.